The number of esters is 1. The molecule has 0 heterocycles. The van der Waals surface area contributed by atoms with E-state index in [9.17, 15) is 49.5 Å². The molecule has 0 atom stereocenters. The van der Waals surface area contributed by atoms with Crippen LogP contribution in [0.3, 0.4) is 0 Å². The lowest BCUT2D eigenvalue weighted by molar-refractivity contribution is -0.410. The fourth-order valence-electron chi connectivity index (χ4n) is 1.65. The van der Waals surface area contributed by atoms with Gasteiger partial charge in [-0.15, -0.1) is 0 Å². The molecule has 1 aromatic rings. The largest absolute Gasteiger partial charge is 0.733 e. The summed E-state index contributed by atoms with van der Waals surface area (Å²) in [5.41, 5.74) is -7.36. The minimum atomic E-state index is -7.10. The Labute approximate surface area is 131 Å². The van der Waals surface area contributed by atoms with Crippen LogP contribution in [-0.2, 0) is 4.79 Å². The zero-order chi connectivity index (χ0) is 19.8. The highest BCUT2D eigenvalue weighted by Crippen LogP contribution is 2.59. The van der Waals surface area contributed by atoms with Crippen LogP contribution in [0.2, 0.25) is 0 Å². The number of carbonyl (C=O) groups excluding carboxylic acids is 1. The van der Waals surface area contributed by atoms with Gasteiger partial charge in [0.15, 0.2) is 0 Å². The zero-order valence-corrected chi connectivity index (χ0v) is 11.3. The summed E-state index contributed by atoms with van der Waals surface area (Å²) in [4.78, 5) is 11.3. The van der Waals surface area contributed by atoms with E-state index in [1.165, 1.54) is 0 Å². The maximum atomic E-state index is 12.7. The molecule has 0 aliphatic rings. The molecule has 5 nitrogen and oxygen atoms in total. The molecular weight excluding hydrogens is 381 g/mol. The van der Waals surface area contributed by atoms with Crippen molar-refractivity contribution in [3.8, 4) is 5.75 Å². The second-order valence-electron chi connectivity index (χ2n) is 4.40. The van der Waals surface area contributed by atoms with Crippen molar-refractivity contribution in [2.24, 2.45) is 5.41 Å². The minimum Gasteiger partial charge on any atom is -0.733 e. The van der Waals surface area contributed by atoms with Crippen molar-refractivity contribution in [2.45, 2.75) is 18.5 Å². The maximum absolute atomic E-state index is 12.7. The minimum absolute atomic E-state index is 0.405. The third-order valence-electron chi connectivity index (χ3n) is 2.85. The maximum Gasteiger partial charge on any atom is 0.423 e. The molecule has 0 radical (unpaired) electrons. The Balaban J connectivity index is 3.39. The van der Waals surface area contributed by atoms with Crippen LogP contribution in [0.5, 0.6) is 5.75 Å². The lowest BCUT2D eigenvalue weighted by atomic mass is 9.85. The van der Waals surface area contributed by atoms with Crippen LogP contribution >= 0.6 is 0 Å². The Morgan fingerprint density at radius 1 is 0.880 bits per heavy atom. The fraction of sp³-hybridized carbons (Fsp3) is 0.364. The summed E-state index contributed by atoms with van der Waals surface area (Å²) in [7, 11) is 0. The van der Waals surface area contributed by atoms with Crippen molar-refractivity contribution < 1.29 is 54.3 Å². The lowest BCUT2D eigenvalue weighted by Crippen LogP contribution is -2.65. The highest BCUT2D eigenvalue weighted by Gasteiger charge is 2.89. The summed E-state index contributed by atoms with van der Waals surface area (Å²) in [6.07, 6.45) is -21.3. The standard InChI is InChI=1S/C11H5F9NO4/c12-9(13,14)8(10(15,16)17,11(18,19)20)7(22)25-6-3-1-5(2-4-6)21(23)24/h1-4,23H/q-1. The fourth-order valence-corrected chi connectivity index (χ4v) is 1.65. The molecule has 0 aliphatic heterocycles. The number of hydrogen-bond donors (Lipinski definition) is 1. The van der Waals surface area contributed by atoms with E-state index in [0.29, 0.717) is 24.3 Å². The van der Waals surface area contributed by atoms with E-state index in [1.807, 2.05) is 0 Å². The molecule has 0 saturated carbocycles. The molecule has 0 unspecified atom stereocenters. The molecule has 0 saturated heterocycles. The van der Waals surface area contributed by atoms with Crippen molar-refractivity contribution >= 4 is 11.7 Å². The number of rotatable bonds is 3. The Kier molecular flexibility index (Phi) is 5.21. The summed E-state index contributed by atoms with van der Waals surface area (Å²) in [5, 5.41) is 18.2. The Hall–Kier alpha value is -2.22. The molecule has 0 spiro atoms. The topological polar surface area (TPSA) is 72.8 Å². The highest BCUT2D eigenvalue weighted by atomic mass is 19.4. The van der Waals surface area contributed by atoms with E-state index in [-0.39, 0.29) is 0 Å². The number of benzene rings is 1. The van der Waals surface area contributed by atoms with Gasteiger partial charge in [0.05, 0.1) is 5.69 Å². The number of ether oxygens (including phenoxy) is 1. The van der Waals surface area contributed by atoms with Crippen LogP contribution < -0.4 is 9.96 Å². The average molecular weight is 386 g/mol. The van der Waals surface area contributed by atoms with Crippen LogP contribution in [0, 0.1) is 10.6 Å². The molecule has 0 aliphatic carbocycles. The normalized spacial score (nSPS) is 13.6. The number of hydrogen-bond acceptors (Lipinski definition) is 5. The first-order chi connectivity index (χ1) is 11.1. The monoisotopic (exact) mass is 386 g/mol. The smallest absolute Gasteiger partial charge is 0.423 e. The van der Waals surface area contributed by atoms with Crippen LogP contribution in [0.4, 0.5) is 45.2 Å². The quantitative estimate of drug-likeness (QED) is 0.369. The van der Waals surface area contributed by atoms with Crippen LogP contribution in [0.25, 0.3) is 0 Å². The van der Waals surface area contributed by atoms with Gasteiger partial charge < -0.3 is 15.2 Å². The molecule has 25 heavy (non-hydrogen) atoms. The second kappa shape index (κ2) is 6.25. The Morgan fingerprint density at radius 2 is 1.24 bits per heavy atom. The molecule has 0 fully saturated rings. The lowest BCUT2D eigenvalue weighted by Gasteiger charge is -2.35. The first kappa shape index (κ1) is 20.8. The van der Waals surface area contributed by atoms with E-state index >= 15 is 0 Å². The van der Waals surface area contributed by atoms with Crippen molar-refractivity contribution in [2.75, 3.05) is 5.23 Å². The highest BCUT2D eigenvalue weighted by molar-refractivity contribution is 5.82. The molecule has 0 aromatic heterocycles. The molecule has 1 rings (SSSR count). The van der Waals surface area contributed by atoms with Gasteiger partial charge in [-0.05, 0) is 24.3 Å². The molecule has 14 heteroatoms. The van der Waals surface area contributed by atoms with E-state index < -0.39 is 46.6 Å². The van der Waals surface area contributed by atoms with Crippen LogP contribution in [-0.4, -0.2) is 29.7 Å². The first-order valence-electron chi connectivity index (χ1n) is 5.74. The number of halogens is 9. The number of nitrogens with zero attached hydrogens (tertiary/aromatic N) is 1. The SMILES string of the molecule is O=C(Oc1ccc(N([O-])O)cc1)C(C(F)(F)F)(C(F)(F)F)C(F)(F)F. The van der Waals surface area contributed by atoms with Crippen molar-refractivity contribution in [1.82, 2.24) is 0 Å². The third-order valence-corrected chi connectivity index (χ3v) is 2.85. The van der Waals surface area contributed by atoms with Gasteiger partial charge in [-0.3, -0.25) is 5.21 Å². The predicted octanol–water partition coefficient (Wildman–Crippen LogP) is 3.96. The van der Waals surface area contributed by atoms with Gasteiger partial charge in [0.2, 0.25) is 0 Å². The molecular formula is C11H5F9NO4-. The van der Waals surface area contributed by atoms with Gasteiger partial charge in [0.1, 0.15) is 5.75 Å². The summed E-state index contributed by atoms with van der Waals surface area (Å²) in [6, 6.07) is 1.93. The molecule has 142 valence electrons. The van der Waals surface area contributed by atoms with E-state index in [0.717, 1.165) is 0 Å². The van der Waals surface area contributed by atoms with Crippen molar-refractivity contribution in [3.05, 3.63) is 29.5 Å². The van der Waals surface area contributed by atoms with Gasteiger partial charge >= 0.3 is 29.9 Å². The molecule has 0 amide bonds. The summed E-state index contributed by atoms with van der Waals surface area (Å²) in [6.45, 7) is 0. The number of alkyl halides is 9. The molecule has 1 N–H and O–H groups in total. The number of anilines is 1. The molecule has 0 bridgehead atoms. The summed E-state index contributed by atoms with van der Waals surface area (Å²) < 4.78 is 118. The Morgan fingerprint density at radius 3 is 1.52 bits per heavy atom. The van der Waals surface area contributed by atoms with Gasteiger partial charge in [0.25, 0.3) is 0 Å². The second-order valence-corrected chi connectivity index (χ2v) is 4.40. The van der Waals surface area contributed by atoms with E-state index in [1.54, 1.807) is 0 Å². The van der Waals surface area contributed by atoms with Gasteiger partial charge in [-0.2, -0.15) is 39.5 Å². The zero-order valence-electron chi connectivity index (χ0n) is 11.3. The van der Waals surface area contributed by atoms with Gasteiger partial charge in [0, 0.05) is 0 Å². The molecule has 1 aromatic carbocycles. The Bertz CT molecular complexity index is 582. The van der Waals surface area contributed by atoms with Gasteiger partial charge in [-0.25, -0.2) is 4.79 Å². The predicted molar refractivity (Wildman–Crippen MR) is 60.3 cm³/mol. The first-order valence-corrected chi connectivity index (χ1v) is 5.74. The summed E-state index contributed by atoms with van der Waals surface area (Å²) in [5.74, 6) is -4.83. The van der Waals surface area contributed by atoms with Gasteiger partial charge in [-0.1, -0.05) is 0 Å². The van der Waals surface area contributed by atoms with Crippen LogP contribution in [0.15, 0.2) is 24.3 Å². The van der Waals surface area contributed by atoms with E-state index in [2.05, 4.69) is 4.74 Å². The number of carbonyl (C=O) groups is 1. The van der Waals surface area contributed by atoms with Crippen molar-refractivity contribution in [1.29, 1.82) is 0 Å². The average Bonchev–Trinajstić information content (AvgIpc) is 2.33. The van der Waals surface area contributed by atoms with Crippen molar-refractivity contribution in [3.63, 3.8) is 0 Å². The third kappa shape index (κ3) is 3.58. The van der Waals surface area contributed by atoms with E-state index in [4.69, 9.17) is 5.21 Å². The van der Waals surface area contributed by atoms with Crippen LogP contribution in [0.1, 0.15) is 0 Å². The summed E-state index contributed by atoms with van der Waals surface area (Å²) >= 11 is 0.